The number of benzene rings is 2. The minimum absolute atomic E-state index is 0.0904. The highest BCUT2D eigenvalue weighted by Crippen LogP contribution is 2.41. The number of hydrogen-bond donors (Lipinski definition) is 4. The van der Waals surface area contributed by atoms with E-state index in [9.17, 15) is 24.6 Å². The molecule has 3 rings (SSSR count). The third-order valence-corrected chi connectivity index (χ3v) is 7.19. The fraction of sp³-hybridized carbons (Fsp3) is 0.531. The van der Waals surface area contributed by atoms with E-state index in [1.807, 2.05) is 6.92 Å². The van der Waals surface area contributed by atoms with Crippen LogP contribution in [-0.2, 0) is 20.7 Å². The Morgan fingerprint density at radius 1 is 1.07 bits per heavy atom. The van der Waals surface area contributed by atoms with E-state index in [0.717, 1.165) is 31.2 Å². The molecule has 0 saturated heterocycles. The van der Waals surface area contributed by atoms with Crippen molar-refractivity contribution in [2.45, 2.75) is 97.4 Å². The molecule has 224 valence electrons. The second-order valence-electron chi connectivity index (χ2n) is 12.0. The molecule has 4 unspecified atom stereocenters. The van der Waals surface area contributed by atoms with Crippen LogP contribution < -0.4 is 10.6 Å². The predicted octanol–water partition coefficient (Wildman–Crippen LogP) is 5.13. The van der Waals surface area contributed by atoms with E-state index in [4.69, 9.17) is 4.74 Å². The molecule has 4 N–H and O–H groups in total. The molecule has 1 fully saturated rings. The molecule has 1 aliphatic carbocycles. The van der Waals surface area contributed by atoms with Crippen LogP contribution in [0.3, 0.4) is 0 Å². The van der Waals surface area contributed by atoms with E-state index < -0.39 is 29.7 Å². The highest BCUT2D eigenvalue weighted by molar-refractivity contribution is 5.93. The summed E-state index contributed by atoms with van der Waals surface area (Å²) in [6.07, 6.45) is 2.92. The van der Waals surface area contributed by atoms with Gasteiger partial charge in [0, 0.05) is 19.0 Å². The SMILES string of the molecule is CCCCCNC(=O)C(c1ccc(O)c(C)c1)N(C(=O)C(Cc1ccc(O)cc1)NC(=O)OC(C)(C)C)C1CC1C. The second-order valence-corrected chi connectivity index (χ2v) is 12.0. The van der Waals surface area contributed by atoms with Crippen molar-refractivity contribution in [3.05, 3.63) is 59.2 Å². The average molecular weight is 568 g/mol. The molecule has 3 amide bonds. The van der Waals surface area contributed by atoms with Crippen LogP contribution in [0.1, 0.15) is 83.0 Å². The molecule has 0 heterocycles. The number of carbonyl (C=O) groups is 3. The monoisotopic (exact) mass is 567 g/mol. The number of ether oxygens (including phenoxy) is 1. The van der Waals surface area contributed by atoms with E-state index in [1.165, 1.54) is 18.2 Å². The van der Waals surface area contributed by atoms with Gasteiger partial charge < -0.3 is 30.5 Å². The summed E-state index contributed by atoms with van der Waals surface area (Å²) in [5, 5.41) is 25.7. The van der Waals surface area contributed by atoms with Crippen molar-refractivity contribution < 1.29 is 29.3 Å². The van der Waals surface area contributed by atoms with Crippen molar-refractivity contribution in [3.8, 4) is 11.5 Å². The van der Waals surface area contributed by atoms with Crippen molar-refractivity contribution in [3.63, 3.8) is 0 Å². The second kappa shape index (κ2) is 13.7. The standard InChI is InChI=1S/C32H45N3O6/c1-7-8-9-16-33-29(38)28(23-12-15-27(37)21(3)17-23)35(26-18-20(26)2)30(39)25(34-31(40)41-32(4,5)6)19-22-10-13-24(36)14-11-22/h10-15,17,20,25-26,28,36-37H,7-9,16,18-19H2,1-6H3,(H,33,38)(H,34,40). The number of amides is 3. The molecule has 0 radical (unpaired) electrons. The maximum atomic E-state index is 14.5. The molecular weight excluding hydrogens is 522 g/mol. The van der Waals surface area contributed by atoms with E-state index in [0.29, 0.717) is 17.7 Å². The lowest BCUT2D eigenvalue weighted by atomic mass is 9.98. The quantitative estimate of drug-likeness (QED) is 0.263. The average Bonchev–Trinajstić information content (AvgIpc) is 3.61. The first-order valence-corrected chi connectivity index (χ1v) is 14.5. The number of nitrogens with zero attached hydrogens (tertiary/aromatic N) is 1. The van der Waals surface area contributed by atoms with Crippen LogP contribution in [0.4, 0.5) is 4.79 Å². The van der Waals surface area contributed by atoms with E-state index in [-0.39, 0.29) is 35.8 Å². The number of phenols is 2. The summed E-state index contributed by atoms with van der Waals surface area (Å²) in [6, 6.07) is 9.18. The Kier molecular flexibility index (Phi) is 10.7. The largest absolute Gasteiger partial charge is 0.508 e. The van der Waals surface area contributed by atoms with Crippen molar-refractivity contribution >= 4 is 17.9 Å². The van der Waals surface area contributed by atoms with Gasteiger partial charge >= 0.3 is 6.09 Å². The van der Waals surface area contributed by atoms with Gasteiger partial charge in [0.2, 0.25) is 11.8 Å². The topological polar surface area (TPSA) is 128 Å². The van der Waals surface area contributed by atoms with Gasteiger partial charge in [0.25, 0.3) is 0 Å². The molecule has 0 aliphatic heterocycles. The van der Waals surface area contributed by atoms with Crippen LogP contribution in [-0.4, -0.2) is 57.3 Å². The number of aryl methyl sites for hydroxylation is 1. The van der Waals surface area contributed by atoms with E-state index >= 15 is 0 Å². The maximum absolute atomic E-state index is 14.5. The van der Waals surface area contributed by atoms with Crippen LogP contribution in [0.25, 0.3) is 0 Å². The van der Waals surface area contributed by atoms with Crippen molar-refractivity contribution in [2.24, 2.45) is 5.92 Å². The van der Waals surface area contributed by atoms with Crippen molar-refractivity contribution in [1.82, 2.24) is 15.5 Å². The molecule has 9 nitrogen and oxygen atoms in total. The van der Waals surface area contributed by atoms with Gasteiger partial charge in [0.1, 0.15) is 29.2 Å². The zero-order valence-corrected chi connectivity index (χ0v) is 25.1. The summed E-state index contributed by atoms with van der Waals surface area (Å²) in [7, 11) is 0. The molecule has 1 saturated carbocycles. The number of phenolic OH excluding ortho intramolecular Hbond substituents is 2. The molecule has 2 aromatic carbocycles. The lowest BCUT2D eigenvalue weighted by Gasteiger charge is -2.35. The Morgan fingerprint density at radius 2 is 1.73 bits per heavy atom. The summed E-state index contributed by atoms with van der Waals surface area (Å²) in [4.78, 5) is 42.8. The van der Waals surface area contributed by atoms with Crippen LogP contribution in [0.15, 0.2) is 42.5 Å². The number of unbranched alkanes of at least 4 members (excludes halogenated alkanes) is 2. The molecule has 0 aromatic heterocycles. The van der Waals surface area contributed by atoms with Gasteiger partial charge in [0.15, 0.2) is 0 Å². The molecule has 2 aromatic rings. The third kappa shape index (κ3) is 9.13. The van der Waals surface area contributed by atoms with Gasteiger partial charge in [-0.2, -0.15) is 0 Å². The zero-order valence-electron chi connectivity index (χ0n) is 25.1. The van der Waals surface area contributed by atoms with Gasteiger partial charge in [-0.3, -0.25) is 9.59 Å². The molecule has 1 aliphatic rings. The van der Waals surface area contributed by atoms with Crippen molar-refractivity contribution in [2.75, 3.05) is 6.54 Å². The van der Waals surface area contributed by atoms with E-state index in [1.54, 1.807) is 56.9 Å². The van der Waals surface area contributed by atoms with Crippen LogP contribution >= 0.6 is 0 Å². The first-order valence-electron chi connectivity index (χ1n) is 14.5. The van der Waals surface area contributed by atoms with Crippen LogP contribution in [0, 0.1) is 12.8 Å². The van der Waals surface area contributed by atoms with Gasteiger partial charge in [-0.05, 0) is 87.4 Å². The number of nitrogens with one attached hydrogen (secondary N) is 2. The Labute approximate surface area is 243 Å². The minimum atomic E-state index is -1.03. The summed E-state index contributed by atoms with van der Waals surface area (Å²) in [5.74, 6) is -0.349. The fourth-order valence-electron chi connectivity index (χ4n) is 4.84. The van der Waals surface area contributed by atoms with Gasteiger partial charge in [-0.25, -0.2) is 4.79 Å². The fourth-order valence-corrected chi connectivity index (χ4v) is 4.84. The molecule has 41 heavy (non-hydrogen) atoms. The molecule has 4 atom stereocenters. The number of carbonyl (C=O) groups excluding carboxylic acids is 3. The van der Waals surface area contributed by atoms with Crippen LogP contribution in [0.2, 0.25) is 0 Å². The number of rotatable bonds is 12. The predicted molar refractivity (Wildman–Crippen MR) is 158 cm³/mol. The highest BCUT2D eigenvalue weighted by Gasteiger charge is 2.48. The summed E-state index contributed by atoms with van der Waals surface area (Å²) >= 11 is 0. The Hall–Kier alpha value is -3.75. The Morgan fingerprint density at radius 3 is 2.29 bits per heavy atom. The van der Waals surface area contributed by atoms with Crippen LogP contribution in [0.5, 0.6) is 11.5 Å². The molecule has 0 bridgehead atoms. The normalized spacial score (nSPS) is 17.7. The molecular formula is C32H45N3O6. The first-order chi connectivity index (χ1) is 19.3. The lowest BCUT2D eigenvalue weighted by Crippen LogP contribution is -2.54. The van der Waals surface area contributed by atoms with Crippen molar-refractivity contribution in [1.29, 1.82) is 0 Å². The number of alkyl carbamates (subject to hydrolysis) is 1. The maximum Gasteiger partial charge on any atom is 0.408 e. The summed E-state index contributed by atoms with van der Waals surface area (Å²) in [6.45, 7) is 11.6. The smallest absolute Gasteiger partial charge is 0.408 e. The van der Waals surface area contributed by atoms with Gasteiger partial charge in [-0.1, -0.05) is 44.9 Å². The molecule has 0 spiro atoms. The summed E-state index contributed by atoms with van der Waals surface area (Å²) in [5.41, 5.74) is 1.13. The Bertz CT molecular complexity index is 1210. The number of aromatic hydroxyl groups is 2. The third-order valence-electron chi connectivity index (χ3n) is 7.19. The van der Waals surface area contributed by atoms with Gasteiger partial charge in [0.05, 0.1) is 0 Å². The van der Waals surface area contributed by atoms with E-state index in [2.05, 4.69) is 17.6 Å². The highest BCUT2D eigenvalue weighted by atomic mass is 16.6. The van der Waals surface area contributed by atoms with Gasteiger partial charge in [-0.15, -0.1) is 0 Å². The number of hydrogen-bond acceptors (Lipinski definition) is 6. The zero-order chi connectivity index (χ0) is 30.3. The first kappa shape index (κ1) is 31.8. The lowest BCUT2D eigenvalue weighted by molar-refractivity contribution is -0.143. The molecule has 9 heteroatoms. The summed E-state index contributed by atoms with van der Waals surface area (Å²) < 4.78 is 5.48. The minimum Gasteiger partial charge on any atom is -0.508 e. The Balaban J connectivity index is 2.02.